The van der Waals surface area contributed by atoms with E-state index in [1.807, 2.05) is 43.9 Å². The van der Waals surface area contributed by atoms with E-state index in [4.69, 9.17) is 4.74 Å². The molecule has 1 aromatic rings. The molecule has 0 aliphatic carbocycles. The van der Waals surface area contributed by atoms with Gasteiger partial charge in [-0.2, -0.15) is 0 Å². The zero-order chi connectivity index (χ0) is 16.9. The average Bonchev–Trinajstić information content (AvgIpc) is 2.48. The monoisotopic (exact) mass is 342 g/mol. The summed E-state index contributed by atoms with van der Waals surface area (Å²) in [6.07, 6.45) is 1.48. The molecule has 1 heterocycles. The molecule has 24 heavy (non-hydrogen) atoms. The summed E-state index contributed by atoms with van der Waals surface area (Å²) in [7, 11) is 0. The van der Waals surface area contributed by atoms with Gasteiger partial charge in [0.15, 0.2) is 0 Å². The van der Waals surface area contributed by atoms with Gasteiger partial charge in [0.2, 0.25) is 5.91 Å². The van der Waals surface area contributed by atoms with Gasteiger partial charge in [-0.25, -0.2) is 4.79 Å². The van der Waals surface area contributed by atoms with Crippen LogP contribution in [0.3, 0.4) is 0 Å². The molecule has 5 nitrogen and oxygen atoms in total. The first-order chi connectivity index (χ1) is 10.8. The van der Waals surface area contributed by atoms with Crippen molar-refractivity contribution in [3.8, 4) is 0 Å². The van der Waals surface area contributed by atoms with E-state index in [9.17, 15) is 9.59 Å². The number of nitrogens with zero attached hydrogens (tertiary/aromatic N) is 2. The molecule has 1 saturated heterocycles. The Labute approximate surface area is 166 Å². The molecule has 2 amide bonds. The Hall–Kier alpha value is -1.04. The zero-order valence-electron chi connectivity index (χ0n) is 14.2. The third-order valence-corrected chi connectivity index (χ3v) is 3.71. The molecule has 0 aromatic heterocycles. The minimum absolute atomic E-state index is 0. The van der Waals surface area contributed by atoms with Crippen molar-refractivity contribution in [2.45, 2.75) is 39.2 Å². The predicted octanol–water partition coefficient (Wildman–Crippen LogP) is 2.05. The van der Waals surface area contributed by atoms with Crippen LogP contribution in [0.5, 0.6) is 0 Å². The summed E-state index contributed by atoms with van der Waals surface area (Å²) >= 11 is 0. The van der Waals surface area contributed by atoms with Crippen LogP contribution in [0, 0.1) is 0 Å². The van der Waals surface area contributed by atoms with Crippen molar-refractivity contribution in [1.29, 1.82) is 0 Å². The molecule has 0 unspecified atom stereocenters. The van der Waals surface area contributed by atoms with Crippen molar-refractivity contribution >= 4 is 41.6 Å². The molecular weight excluding hydrogens is 315 g/mol. The molecule has 128 valence electrons. The molecule has 1 fully saturated rings. The van der Waals surface area contributed by atoms with E-state index in [2.05, 4.69) is 12.1 Å². The van der Waals surface area contributed by atoms with Crippen molar-refractivity contribution in [1.82, 2.24) is 9.80 Å². The first kappa shape index (κ1) is 21.0. The summed E-state index contributed by atoms with van der Waals surface area (Å²) in [6, 6.07) is 10.3. The zero-order valence-corrected chi connectivity index (χ0v) is 14.2. The molecule has 6 heteroatoms. The van der Waals surface area contributed by atoms with Crippen molar-refractivity contribution < 1.29 is 14.3 Å². The summed E-state index contributed by atoms with van der Waals surface area (Å²) in [5.74, 6) is -0.00447. The molecule has 0 spiro atoms. The summed E-state index contributed by atoms with van der Waals surface area (Å²) in [4.78, 5) is 27.5. The number of aryl methyl sites for hydroxylation is 1. The molecule has 0 bridgehead atoms. The van der Waals surface area contributed by atoms with Gasteiger partial charge in [-0.3, -0.25) is 9.69 Å². The maximum absolute atomic E-state index is 12.2. The number of rotatable bonds is 4. The third-order valence-electron chi connectivity index (χ3n) is 3.71. The van der Waals surface area contributed by atoms with Gasteiger partial charge in [-0.1, -0.05) is 30.3 Å². The van der Waals surface area contributed by atoms with Crippen LogP contribution in [0.2, 0.25) is 0 Å². The fourth-order valence-electron chi connectivity index (χ4n) is 2.55. The molecule has 1 aromatic carbocycles. The number of piperazine rings is 1. The third kappa shape index (κ3) is 6.83. The molecule has 2 rings (SSSR count). The Balaban J connectivity index is 0.00000288. The van der Waals surface area contributed by atoms with Crippen LogP contribution >= 0.6 is 0 Å². The number of amides is 2. The van der Waals surface area contributed by atoms with Gasteiger partial charge in [-0.05, 0) is 39.2 Å². The second-order valence-electron chi connectivity index (χ2n) is 6.87. The van der Waals surface area contributed by atoms with Crippen LogP contribution in [0.15, 0.2) is 30.3 Å². The van der Waals surface area contributed by atoms with E-state index in [1.165, 1.54) is 10.5 Å². The Bertz CT molecular complexity index is 543. The molecule has 0 N–H and O–H groups in total. The van der Waals surface area contributed by atoms with Crippen LogP contribution in [-0.4, -0.2) is 83.1 Å². The number of carbonyl (C=O) groups is 2. The molecule has 0 radical (unpaired) electrons. The van der Waals surface area contributed by atoms with E-state index in [-0.39, 0.29) is 42.0 Å². The molecule has 0 atom stereocenters. The summed E-state index contributed by atoms with van der Waals surface area (Å²) in [5, 5.41) is 0. The fraction of sp³-hybridized carbons (Fsp3) is 0.556. The van der Waals surface area contributed by atoms with Gasteiger partial charge in [0.1, 0.15) is 12.1 Å². The van der Waals surface area contributed by atoms with E-state index in [0.29, 0.717) is 13.1 Å². The molecule has 1 aliphatic heterocycles. The first-order valence-electron chi connectivity index (χ1n) is 8.15. The Morgan fingerprint density at radius 3 is 2.42 bits per heavy atom. The van der Waals surface area contributed by atoms with Gasteiger partial charge >= 0.3 is 35.7 Å². The topological polar surface area (TPSA) is 49.9 Å². The van der Waals surface area contributed by atoms with Crippen LogP contribution < -0.4 is 0 Å². The van der Waals surface area contributed by atoms with Crippen molar-refractivity contribution in [2.75, 3.05) is 26.2 Å². The van der Waals surface area contributed by atoms with Crippen LogP contribution in [0.25, 0.3) is 0 Å². The summed E-state index contributed by atoms with van der Waals surface area (Å²) in [5.41, 5.74) is 0.750. The maximum atomic E-state index is 12.2. The van der Waals surface area contributed by atoms with E-state index < -0.39 is 11.7 Å². The average molecular weight is 342 g/mol. The Kier molecular flexibility index (Phi) is 8.27. The second kappa shape index (κ2) is 9.44. The molecular formula is C18H27N2NaO3. The number of benzene rings is 1. The fourth-order valence-corrected chi connectivity index (χ4v) is 2.55. The van der Waals surface area contributed by atoms with Crippen molar-refractivity contribution in [2.24, 2.45) is 0 Å². The normalized spacial score (nSPS) is 15.0. The van der Waals surface area contributed by atoms with Gasteiger partial charge in [0, 0.05) is 19.6 Å². The van der Waals surface area contributed by atoms with Crippen molar-refractivity contribution in [3.63, 3.8) is 0 Å². The summed E-state index contributed by atoms with van der Waals surface area (Å²) < 4.78 is 5.32. The predicted molar refractivity (Wildman–Crippen MR) is 96.3 cm³/mol. The van der Waals surface area contributed by atoms with E-state index in [0.717, 1.165) is 19.4 Å². The Morgan fingerprint density at radius 2 is 1.83 bits per heavy atom. The standard InChI is InChI=1S/C18H26N2O3.Na.H/c1-18(2,3)23-17(22)20-13-12-19(16(21)14-20)11-7-10-15-8-5-4-6-9-15;;/h4-6,8-9H,7,10-14H2,1-3H3;;. The number of ether oxygens (including phenoxy) is 1. The van der Waals surface area contributed by atoms with Crippen molar-refractivity contribution in [3.05, 3.63) is 35.9 Å². The first-order valence-corrected chi connectivity index (χ1v) is 8.15. The Morgan fingerprint density at radius 1 is 1.17 bits per heavy atom. The number of hydrogen-bond donors (Lipinski definition) is 0. The van der Waals surface area contributed by atoms with Gasteiger partial charge < -0.3 is 9.64 Å². The SMILES string of the molecule is CC(C)(C)OC(=O)N1CCN(CCCc2ccccc2)C(=O)C1.[NaH]. The minimum atomic E-state index is -0.535. The van der Waals surface area contributed by atoms with Crippen LogP contribution in [0.1, 0.15) is 32.8 Å². The van der Waals surface area contributed by atoms with Gasteiger partial charge in [0.05, 0.1) is 0 Å². The van der Waals surface area contributed by atoms with E-state index in [1.54, 1.807) is 0 Å². The van der Waals surface area contributed by atoms with E-state index >= 15 is 0 Å². The number of carbonyl (C=O) groups excluding carboxylic acids is 2. The quantitative estimate of drug-likeness (QED) is 0.787. The van der Waals surface area contributed by atoms with Gasteiger partial charge in [-0.15, -0.1) is 0 Å². The van der Waals surface area contributed by atoms with Crippen LogP contribution in [-0.2, 0) is 16.0 Å². The summed E-state index contributed by atoms with van der Waals surface area (Å²) in [6.45, 7) is 7.43. The molecule has 1 aliphatic rings. The van der Waals surface area contributed by atoms with Crippen LogP contribution in [0.4, 0.5) is 4.79 Å². The van der Waals surface area contributed by atoms with Gasteiger partial charge in [0.25, 0.3) is 0 Å². The number of hydrogen-bond acceptors (Lipinski definition) is 3. The second-order valence-corrected chi connectivity index (χ2v) is 6.87. The molecule has 0 saturated carbocycles.